The van der Waals surface area contributed by atoms with Crippen molar-refractivity contribution in [3.8, 4) is 0 Å². The van der Waals surface area contributed by atoms with Gasteiger partial charge in [-0.3, -0.25) is 4.90 Å². The van der Waals surface area contributed by atoms with E-state index in [1.165, 1.54) is 44.2 Å². The van der Waals surface area contributed by atoms with E-state index < -0.39 is 0 Å². The fourth-order valence-corrected chi connectivity index (χ4v) is 4.06. The Morgan fingerprint density at radius 1 is 1.19 bits per heavy atom. The molecule has 0 aliphatic carbocycles. The second-order valence-electron chi connectivity index (χ2n) is 6.57. The van der Waals surface area contributed by atoms with Crippen molar-refractivity contribution in [3.05, 3.63) is 36.1 Å². The lowest BCUT2D eigenvalue weighted by Gasteiger charge is -2.33. The SMILES string of the molecule is CC(NC1CCN2CCCCC12)c1cc2ccccc2o1. The fraction of sp³-hybridized carbons (Fsp3) is 0.556. The first-order chi connectivity index (χ1) is 10.3. The summed E-state index contributed by atoms with van der Waals surface area (Å²) in [7, 11) is 0. The van der Waals surface area contributed by atoms with Gasteiger partial charge in [0.1, 0.15) is 11.3 Å². The predicted octanol–water partition coefficient (Wildman–Crippen LogP) is 3.71. The Hall–Kier alpha value is -1.32. The largest absolute Gasteiger partial charge is 0.459 e. The number of nitrogens with one attached hydrogen (secondary N) is 1. The highest BCUT2D eigenvalue weighted by molar-refractivity contribution is 5.77. The normalized spacial score (nSPS) is 27.9. The van der Waals surface area contributed by atoms with E-state index in [1.807, 2.05) is 12.1 Å². The van der Waals surface area contributed by atoms with E-state index in [-0.39, 0.29) is 6.04 Å². The molecule has 2 aromatic rings. The molecule has 112 valence electrons. The minimum atomic E-state index is 0.282. The van der Waals surface area contributed by atoms with Crippen molar-refractivity contribution in [2.24, 2.45) is 0 Å². The summed E-state index contributed by atoms with van der Waals surface area (Å²) < 4.78 is 6.00. The second kappa shape index (κ2) is 5.47. The number of para-hydroxylation sites is 1. The van der Waals surface area contributed by atoms with E-state index >= 15 is 0 Å². The van der Waals surface area contributed by atoms with Crippen LogP contribution < -0.4 is 5.32 Å². The van der Waals surface area contributed by atoms with Gasteiger partial charge in [-0.25, -0.2) is 0 Å². The van der Waals surface area contributed by atoms with Gasteiger partial charge in [0, 0.05) is 24.0 Å². The lowest BCUT2D eigenvalue weighted by Crippen LogP contribution is -2.45. The molecule has 3 atom stereocenters. The van der Waals surface area contributed by atoms with Gasteiger partial charge in [-0.1, -0.05) is 24.6 Å². The fourth-order valence-electron chi connectivity index (χ4n) is 4.06. The molecule has 1 aromatic heterocycles. The molecule has 3 nitrogen and oxygen atoms in total. The molecule has 2 fully saturated rings. The van der Waals surface area contributed by atoms with Crippen LogP contribution in [0.3, 0.4) is 0 Å². The monoisotopic (exact) mass is 284 g/mol. The average molecular weight is 284 g/mol. The lowest BCUT2D eigenvalue weighted by molar-refractivity contribution is 0.176. The molecule has 21 heavy (non-hydrogen) atoms. The summed E-state index contributed by atoms with van der Waals surface area (Å²) in [5.41, 5.74) is 0.992. The van der Waals surface area contributed by atoms with E-state index in [0.717, 1.165) is 17.4 Å². The number of rotatable bonds is 3. The van der Waals surface area contributed by atoms with Gasteiger partial charge in [0.15, 0.2) is 0 Å². The summed E-state index contributed by atoms with van der Waals surface area (Å²) in [6.07, 6.45) is 5.39. The highest BCUT2D eigenvalue weighted by Crippen LogP contribution is 2.30. The molecule has 1 aromatic carbocycles. The van der Waals surface area contributed by atoms with Gasteiger partial charge < -0.3 is 9.73 Å². The van der Waals surface area contributed by atoms with Crippen molar-refractivity contribution in [2.45, 2.75) is 50.7 Å². The molecule has 3 unspecified atom stereocenters. The highest BCUT2D eigenvalue weighted by atomic mass is 16.3. The van der Waals surface area contributed by atoms with Crippen LogP contribution in [0.1, 0.15) is 44.4 Å². The summed E-state index contributed by atoms with van der Waals surface area (Å²) in [4.78, 5) is 2.67. The van der Waals surface area contributed by atoms with Gasteiger partial charge in [-0.05, 0) is 44.9 Å². The van der Waals surface area contributed by atoms with Crippen molar-refractivity contribution < 1.29 is 4.42 Å². The Morgan fingerprint density at radius 3 is 3.00 bits per heavy atom. The third-order valence-electron chi connectivity index (χ3n) is 5.19. The van der Waals surface area contributed by atoms with Gasteiger partial charge >= 0.3 is 0 Å². The molecule has 0 amide bonds. The average Bonchev–Trinajstić information content (AvgIpc) is 3.11. The minimum Gasteiger partial charge on any atom is -0.459 e. The van der Waals surface area contributed by atoms with Crippen LogP contribution in [0, 0.1) is 0 Å². The second-order valence-corrected chi connectivity index (χ2v) is 6.57. The molecule has 4 rings (SSSR count). The van der Waals surface area contributed by atoms with Crippen molar-refractivity contribution >= 4 is 11.0 Å². The summed E-state index contributed by atoms with van der Waals surface area (Å²) in [5, 5.41) is 5.02. The van der Waals surface area contributed by atoms with Crippen LogP contribution in [-0.4, -0.2) is 30.1 Å². The summed E-state index contributed by atoms with van der Waals surface area (Å²) in [5.74, 6) is 1.06. The van der Waals surface area contributed by atoms with Crippen LogP contribution in [0.2, 0.25) is 0 Å². The van der Waals surface area contributed by atoms with Crippen LogP contribution in [0.5, 0.6) is 0 Å². The van der Waals surface area contributed by atoms with Gasteiger partial charge in [0.05, 0.1) is 6.04 Å². The van der Waals surface area contributed by atoms with Gasteiger partial charge in [0.2, 0.25) is 0 Å². The zero-order chi connectivity index (χ0) is 14.2. The molecular formula is C18H24N2O. The first kappa shape index (κ1) is 13.4. The van der Waals surface area contributed by atoms with Crippen molar-refractivity contribution in [3.63, 3.8) is 0 Å². The Kier molecular flexibility index (Phi) is 3.48. The number of hydrogen-bond acceptors (Lipinski definition) is 3. The van der Waals surface area contributed by atoms with Crippen LogP contribution in [-0.2, 0) is 0 Å². The summed E-state index contributed by atoms with van der Waals surface area (Å²) in [6.45, 7) is 4.78. The number of benzene rings is 1. The topological polar surface area (TPSA) is 28.4 Å². The van der Waals surface area contributed by atoms with E-state index in [9.17, 15) is 0 Å². The Balaban J connectivity index is 1.48. The molecule has 2 aliphatic heterocycles. The predicted molar refractivity (Wildman–Crippen MR) is 85.4 cm³/mol. The highest BCUT2D eigenvalue weighted by Gasteiger charge is 2.36. The lowest BCUT2D eigenvalue weighted by atomic mass is 9.98. The maximum absolute atomic E-state index is 6.00. The summed E-state index contributed by atoms with van der Waals surface area (Å²) in [6, 6.07) is 12.1. The maximum atomic E-state index is 6.00. The van der Waals surface area contributed by atoms with E-state index in [1.54, 1.807) is 0 Å². The number of piperidine rings is 1. The molecule has 0 spiro atoms. The van der Waals surface area contributed by atoms with E-state index in [4.69, 9.17) is 4.42 Å². The maximum Gasteiger partial charge on any atom is 0.134 e. The van der Waals surface area contributed by atoms with Crippen LogP contribution in [0.25, 0.3) is 11.0 Å². The van der Waals surface area contributed by atoms with Crippen molar-refractivity contribution in [1.82, 2.24) is 10.2 Å². The number of hydrogen-bond donors (Lipinski definition) is 1. The smallest absolute Gasteiger partial charge is 0.134 e. The summed E-state index contributed by atoms with van der Waals surface area (Å²) >= 11 is 0. The third-order valence-corrected chi connectivity index (χ3v) is 5.19. The minimum absolute atomic E-state index is 0.282. The molecule has 1 N–H and O–H groups in total. The van der Waals surface area contributed by atoms with E-state index in [2.05, 4.69) is 35.3 Å². The zero-order valence-corrected chi connectivity index (χ0v) is 12.7. The number of nitrogens with zero attached hydrogens (tertiary/aromatic N) is 1. The molecule has 0 radical (unpaired) electrons. The molecule has 3 heterocycles. The Bertz CT molecular complexity index is 587. The molecule has 2 aliphatic rings. The van der Waals surface area contributed by atoms with Crippen LogP contribution >= 0.6 is 0 Å². The van der Waals surface area contributed by atoms with Crippen molar-refractivity contribution in [1.29, 1.82) is 0 Å². The van der Waals surface area contributed by atoms with Crippen LogP contribution in [0.4, 0.5) is 0 Å². The van der Waals surface area contributed by atoms with Gasteiger partial charge in [-0.2, -0.15) is 0 Å². The number of fused-ring (bicyclic) bond motifs is 2. The van der Waals surface area contributed by atoms with E-state index in [0.29, 0.717) is 6.04 Å². The number of furan rings is 1. The van der Waals surface area contributed by atoms with Crippen LogP contribution in [0.15, 0.2) is 34.7 Å². The molecule has 3 heteroatoms. The standard InChI is InChI=1S/C18H24N2O/c1-13(18-12-14-6-2-3-8-17(14)21-18)19-15-9-11-20-10-5-4-7-16(15)20/h2-3,6,8,12-13,15-16,19H,4-5,7,9-11H2,1H3. The van der Waals surface area contributed by atoms with Gasteiger partial charge in [0.25, 0.3) is 0 Å². The Morgan fingerprint density at radius 2 is 2.10 bits per heavy atom. The third kappa shape index (κ3) is 2.49. The first-order valence-corrected chi connectivity index (χ1v) is 8.30. The van der Waals surface area contributed by atoms with Crippen molar-refractivity contribution in [2.75, 3.05) is 13.1 Å². The molecule has 0 saturated carbocycles. The first-order valence-electron chi connectivity index (χ1n) is 8.30. The Labute approximate surface area is 126 Å². The molecule has 0 bridgehead atoms. The molecular weight excluding hydrogens is 260 g/mol. The quantitative estimate of drug-likeness (QED) is 0.931. The zero-order valence-electron chi connectivity index (χ0n) is 12.7. The molecule has 2 saturated heterocycles. The van der Waals surface area contributed by atoms with Gasteiger partial charge in [-0.15, -0.1) is 0 Å².